The van der Waals surface area contributed by atoms with Gasteiger partial charge in [-0.25, -0.2) is 0 Å². The van der Waals surface area contributed by atoms with Crippen molar-refractivity contribution in [1.82, 2.24) is 4.90 Å². The molecule has 1 aromatic heterocycles. The second kappa shape index (κ2) is 6.49. The molecule has 0 saturated carbocycles. The van der Waals surface area contributed by atoms with Gasteiger partial charge in [0.1, 0.15) is 11.5 Å². The van der Waals surface area contributed by atoms with Crippen molar-refractivity contribution in [1.29, 1.82) is 0 Å². The average Bonchev–Trinajstić information content (AvgIpc) is 3.14. The van der Waals surface area contributed by atoms with Crippen LogP contribution in [-0.4, -0.2) is 30.4 Å². The SMILES string of the molecule is COc1ccc2c(c1)OC(N)=C1C(=O)N(CCc3cccs3)C(=O)CC12. The minimum absolute atomic E-state index is 0.0642. The summed E-state index contributed by atoms with van der Waals surface area (Å²) in [4.78, 5) is 28.0. The Hall–Kier alpha value is -2.80. The fourth-order valence-corrected chi connectivity index (χ4v) is 4.13. The van der Waals surface area contributed by atoms with Crippen LogP contribution in [0.4, 0.5) is 0 Å². The molecule has 2 N–H and O–H groups in total. The molecular formula is C19H18N2O4S. The molecule has 1 atom stereocenters. The number of hydrogen-bond acceptors (Lipinski definition) is 6. The summed E-state index contributed by atoms with van der Waals surface area (Å²) in [7, 11) is 1.56. The lowest BCUT2D eigenvalue weighted by Crippen LogP contribution is -2.47. The van der Waals surface area contributed by atoms with Crippen molar-refractivity contribution in [3.8, 4) is 11.5 Å². The van der Waals surface area contributed by atoms with Crippen molar-refractivity contribution in [2.45, 2.75) is 18.8 Å². The van der Waals surface area contributed by atoms with E-state index in [2.05, 4.69) is 0 Å². The Morgan fingerprint density at radius 2 is 2.19 bits per heavy atom. The number of nitrogens with two attached hydrogens (primary N) is 1. The van der Waals surface area contributed by atoms with E-state index in [-0.39, 0.29) is 30.0 Å². The molecule has 0 spiro atoms. The van der Waals surface area contributed by atoms with Gasteiger partial charge in [-0.1, -0.05) is 12.1 Å². The van der Waals surface area contributed by atoms with E-state index in [0.717, 1.165) is 10.4 Å². The lowest BCUT2D eigenvalue weighted by Gasteiger charge is -2.36. The Kier molecular flexibility index (Phi) is 4.16. The number of hydrogen-bond donors (Lipinski definition) is 1. The number of nitrogens with zero attached hydrogens (tertiary/aromatic N) is 1. The highest BCUT2D eigenvalue weighted by atomic mass is 32.1. The number of carbonyl (C=O) groups excluding carboxylic acids is 2. The molecule has 26 heavy (non-hydrogen) atoms. The van der Waals surface area contributed by atoms with Crippen molar-refractivity contribution in [2.75, 3.05) is 13.7 Å². The molecule has 6 nitrogen and oxygen atoms in total. The van der Waals surface area contributed by atoms with Gasteiger partial charge in [-0.05, 0) is 23.9 Å². The van der Waals surface area contributed by atoms with Gasteiger partial charge < -0.3 is 15.2 Å². The molecule has 0 aliphatic carbocycles. The van der Waals surface area contributed by atoms with Gasteiger partial charge in [-0.2, -0.15) is 0 Å². The topological polar surface area (TPSA) is 81.9 Å². The quantitative estimate of drug-likeness (QED) is 0.836. The third kappa shape index (κ3) is 2.74. The Bertz CT molecular complexity index is 904. The summed E-state index contributed by atoms with van der Waals surface area (Å²) in [5.41, 5.74) is 7.20. The maximum absolute atomic E-state index is 12.9. The van der Waals surface area contributed by atoms with Gasteiger partial charge in [0, 0.05) is 35.4 Å². The van der Waals surface area contributed by atoms with Crippen LogP contribution in [-0.2, 0) is 16.0 Å². The van der Waals surface area contributed by atoms with E-state index in [1.165, 1.54) is 4.90 Å². The molecule has 2 aromatic rings. The van der Waals surface area contributed by atoms with Gasteiger partial charge in [0.15, 0.2) is 5.88 Å². The summed E-state index contributed by atoms with van der Waals surface area (Å²) in [6.45, 7) is 0.344. The number of benzene rings is 1. The van der Waals surface area contributed by atoms with Crippen molar-refractivity contribution in [3.63, 3.8) is 0 Å². The second-order valence-corrected chi connectivity index (χ2v) is 7.25. The summed E-state index contributed by atoms with van der Waals surface area (Å²) >= 11 is 1.61. The third-order valence-corrected chi connectivity index (χ3v) is 5.68. The summed E-state index contributed by atoms with van der Waals surface area (Å²) in [5, 5.41) is 1.98. The van der Waals surface area contributed by atoms with Gasteiger partial charge in [-0.3, -0.25) is 14.5 Å². The molecule has 4 rings (SSSR count). The molecule has 0 radical (unpaired) electrons. The van der Waals surface area contributed by atoms with Crippen LogP contribution in [0, 0.1) is 0 Å². The van der Waals surface area contributed by atoms with Crippen LogP contribution in [0.3, 0.4) is 0 Å². The van der Waals surface area contributed by atoms with E-state index in [0.29, 0.717) is 30.0 Å². The number of amides is 2. The number of methoxy groups -OCH3 is 1. The highest BCUT2D eigenvalue weighted by Crippen LogP contribution is 2.44. The first-order valence-corrected chi connectivity index (χ1v) is 9.19. The standard InChI is InChI=1S/C19H18N2O4S/c1-24-11-4-5-13-14-10-16(22)21(7-6-12-3-2-8-26-12)19(23)17(14)18(20)25-15(13)9-11/h2-5,8-9,14H,6-7,10,20H2,1H3. The van der Waals surface area contributed by atoms with Gasteiger partial charge in [0.05, 0.1) is 12.7 Å². The second-order valence-electron chi connectivity index (χ2n) is 6.22. The molecule has 134 valence electrons. The van der Waals surface area contributed by atoms with E-state index in [4.69, 9.17) is 15.2 Å². The lowest BCUT2D eigenvalue weighted by molar-refractivity contribution is -0.145. The van der Waals surface area contributed by atoms with Crippen LogP contribution in [0.2, 0.25) is 0 Å². The van der Waals surface area contributed by atoms with Crippen LogP contribution in [0.25, 0.3) is 0 Å². The smallest absolute Gasteiger partial charge is 0.262 e. The zero-order valence-corrected chi connectivity index (χ0v) is 15.0. The molecule has 1 unspecified atom stereocenters. The predicted molar refractivity (Wildman–Crippen MR) is 96.9 cm³/mol. The molecule has 2 amide bonds. The van der Waals surface area contributed by atoms with Crippen molar-refractivity contribution < 1.29 is 19.1 Å². The van der Waals surface area contributed by atoms with Crippen LogP contribution >= 0.6 is 11.3 Å². The van der Waals surface area contributed by atoms with Gasteiger partial charge in [0.2, 0.25) is 5.91 Å². The molecule has 2 aliphatic heterocycles. The number of fused-ring (bicyclic) bond motifs is 3. The largest absolute Gasteiger partial charge is 0.497 e. The summed E-state index contributed by atoms with van der Waals surface area (Å²) in [6.07, 6.45) is 0.844. The zero-order valence-electron chi connectivity index (χ0n) is 14.2. The van der Waals surface area contributed by atoms with Crippen LogP contribution in [0.5, 0.6) is 11.5 Å². The number of thiophene rings is 1. The minimum atomic E-state index is -0.373. The fourth-order valence-electron chi connectivity index (χ4n) is 3.43. The van der Waals surface area contributed by atoms with E-state index in [1.54, 1.807) is 30.6 Å². The average molecular weight is 370 g/mol. The molecule has 1 fully saturated rings. The number of imide groups is 1. The Morgan fingerprint density at radius 1 is 1.35 bits per heavy atom. The highest BCUT2D eigenvalue weighted by molar-refractivity contribution is 7.09. The van der Waals surface area contributed by atoms with E-state index < -0.39 is 0 Å². The summed E-state index contributed by atoms with van der Waals surface area (Å²) in [5.74, 6) is 0.310. The van der Waals surface area contributed by atoms with E-state index in [1.807, 2.05) is 23.6 Å². The molecular weight excluding hydrogens is 352 g/mol. The Labute approximate surface area is 154 Å². The normalized spacial score (nSPS) is 19.1. The third-order valence-electron chi connectivity index (χ3n) is 4.75. The van der Waals surface area contributed by atoms with E-state index in [9.17, 15) is 9.59 Å². The monoisotopic (exact) mass is 370 g/mol. The van der Waals surface area contributed by atoms with Crippen molar-refractivity contribution >= 4 is 23.2 Å². The zero-order chi connectivity index (χ0) is 18.3. The first kappa shape index (κ1) is 16.7. The van der Waals surface area contributed by atoms with Crippen LogP contribution < -0.4 is 15.2 Å². The Balaban J connectivity index is 1.62. The number of ether oxygens (including phenoxy) is 2. The fraction of sp³-hybridized carbons (Fsp3) is 0.263. The summed E-state index contributed by atoms with van der Waals surface area (Å²) < 4.78 is 10.9. The minimum Gasteiger partial charge on any atom is -0.497 e. The van der Waals surface area contributed by atoms with Crippen LogP contribution in [0.15, 0.2) is 47.2 Å². The first-order valence-electron chi connectivity index (χ1n) is 8.31. The molecule has 1 aromatic carbocycles. The molecule has 2 aliphatic rings. The maximum Gasteiger partial charge on any atom is 0.262 e. The predicted octanol–water partition coefficient (Wildman–Crippen LogP) is 2.40. The number of carbonyl (C=O) groups is 2. The van der Waals surface area contributed by atoms with Crippen molar-refractivity contribution in [3.05, 3.63) is 57.6 Å². The molecule has 3 heterocycles. The van der Waals surface area contributed by atoms with Gasteiger partial charge in [-0.15, -0.1) is 11.3 Å². The van der Waals surface area contributed by atoms with Gasteiger partial charge >= 0.3 is 0 Å². The van der Waals surface area contributed by atoms with Crippen LogP contribution in [0.1, 0.15) is 22.8 Å². The number of likely N-dealkylation sites (tertiary alicyclic amines) is 1. The van der Waals surface area contributed by atoms with Gasteiger partial charge in [0.25, 0.3) is 5.91 Å². The number of piperidine rings is 1. The number of rotatable bonds is 4. The highest BCUT2D eigenvalue weighted by Gasteiger charge is 2.43. The molecule has 7 heteroatoms. The van der Waals surface area contributed by atoms with E-state index >= 15 is 0 Å². The Morgan fingerprint density at radius 3 is 2.92 bits per heavy atom. The van der Waals surface area contributed by atoms with Crippen molar-refractivity contribution in [2.24, 2.45) is 5.73 Å². The molecule has 1 saturated heterocycles. The molecule has 0 bridgehead atoms. The first-order chi connectivity index (χ1) is 12.6. The maximum atomic E-state index is 12.9. The lowest BCUT2D eigenvalue weighted by atomic mass is 9.82. The summed E-state index contributed by atoms with van der Waals surface area (Å²) in [6, 6.07) is 9.29.